The van der Waals surface area contributed by atoms with Crippen LogP contribution in [0.4, 0.5) is 10.2 Å². The van der Waals surface area contributed by atoms with Crippen molar-refractivity contribution in [1.29, 1.82) is 0 Å². The summed E-state index contributed by atoms with van der Waals surface area (Å²) in [5.41, 5.74) is 9.91. The van der Waals surface area contributed by atoms with E-state index in [0.717, 1.165) is 27.3 Å². The van der Waals surface area contributed by atoms with Crippen molar-refractivity contribution in [2.45, 2.75) is 104 Å². The molecule has 2 aliphatic heterocycles. The highest BCUT2D eigenvalue weighted by atomic mass is 35.5. The van der Waals surface area contributed by atoms with Gasteiger partial charge in [0.1, 0.15) is 24.0 Å². The van der Waals surface area contributed by atoms with Gasteiger partial charge in [-0.25, -0.2) is 9.37 Å². The van der Waals surface area contributed by atoms with Crippen LogP contribution in [0.1, 0.15) is 95.6 Å². The van der Waals surface area contributed by atoms with Crippen LogP contribution in [0.2, 0.25) is 10.0 Å². The van der Waals surface area contributed by atoms with E-state index >= 15 is 0 Å². The molecule has 4 heterocycles. The molecule has 2 aliphatic rings. The maximum Gasteiger partial charge on any atom is 0.246 e. The van der Waals surface area contributed by atoms with E-state index in [1.807, 2.05) is 74.0 Å². The highest BCUT2D eigenvalue weighted by Crippen LogP contribution is 2.38. The molecule has 4 amide bonds. The van der Waals surface area contributed by atoms with Gasteiger partial charge in [0, 0.05) is 78.0 Å². The Labute approximate surface area is 440 Å². The second-order valence-corrected chi connectivity index (χ2v) is 20.7. The SMILES string of the molecule is C=N/C(C)=C(\SC)c1ccc(CNC(=O)[C@@H]2C[C@@H](O)CN2C(=O)[C@@H](NC(=O)CCOCCOCCC(=O)N2CCC(n3cc(-c4cnc(N)c(O[C@H](C)c5c(Cl)ccc(F)c5Cl)c4)cn3)CC2)C(C)(C)C)cc1. The van der Waals surface area contributed by atoms with Gasteiger partial charge < -0.3 is 45.5 Å². The highest BCUT2D eigenvalue weighted by molar-refractivity contribution is 8.07. The summed E-state index contributed by atoms with van der Waals surface area (Å²) in [6.07, 6.45) is 7.33. The number of allylic oxidation sites excluding steroid dienone is 1. The fraction of sp³-hybridized carbons (Fsp3) is 0.481. The smallest absolute Gasteiger partial charge is 0.246 e. The Morgan fingerprint density at radius 2 is 1.70 bits per heavy atom. The molecule has 4 aromatic rings. The number of hydrogen-bond donors (Lipinski definition) is 4. The third kappa shape index (κ3) is 15.0. The molecule has 6 rings (SSSR count). The number of β-amino-alcohol motifs (C(OH)–C–C–N with tert-alkyl or cyclic N) is 1. The number of halogens is 3. The minimum Gasteiger partial charge on any atom is -0.482 e. The maximum absolute atomic E-state index is 14.2. The van der Waals surface area contributed by atoms with Crippen molar-refractivity contribution in [3.63, 3.8) is 0 Å². The van der Waals surface area contributed by atoms with Gasteiger partial charge in [0.25, 0.3) is 0 Å². The average Bonchev–Trinajstić information content (AvgIpc) is 4.03. The number of amides is 4. The number of pyridine rings is 1. The van der Waals surface area contributed by atoms with Crippen molar-refractivity contribution >= 4 is 76.0 Å². The van der Waals surface area contributed by atoms with Gasteiger partial charge in [-0.1, -0.05) is 68.2 Å². The van der Waals surface area contributed by atoms with Crippen LogP contribution in [-0.2, 0) is 35.2 Å². The number of benzene rings is 2. The summed E-state index contributed by atoms with van der Waals surface area (Å²) in [6, 6.07) is 10.3. The largest absolute Gasteiger partial charge is 0.482 e. The molecular formula is C52H66Cl2FN9O8S. The molecule has 21 heteroatoms. The lowest BCUT2D eigenvalue weighted by Crippen LogP contribution is -2.57. The topological polar surface area (TPSA) is 216 Å². The van der Waals surface area contributed by atoms with E-state index in [2.05, 4.69) is 32.4 Å². The molecule has 17 nitrogen and oxygen atoms in total. The lowest BCUT2D eigenvalue weighted by Gasteiger charge is -2.35. The van der Waals surface area contributed by atoms with E-state index in [0.29, 0.717) is 37.1 Å². The van der Waals surface area contributed by atoms with Crippen molar-refractivity contribution < 1.29 is 42.9 Å². The Balaban J connectivity index is 0.872. The summed E-state index contributed by atoms with van der Waals surface area (Å²) in [7, 11) is 0. The molecule has 2 fully saturated rings. The van der Waals surface area contributed by atoms with Crippen molar-refractivity contribution in [1.82, 2.24) is 35.2 Å². The van der Waals surface area contributed by atoms with E-state index in [-0.39, 0.29) is 98.2 Å². The van der Waals surface area contributed by atoms with Gasteiger partial charge in [0.15, 0.2) is 11.6 Å². The standard InChI is InChI=1S/C52H66Cl2FN9O8S/c1-31(57-6)47(73-7)34-10-8-33(9-11-34)26-59-50(68)41-25-38(65)30-63(41)51(69)48(52(3,4)5)61-43(66)16-20-70-22-23-71-21-17-44(67)62-18-14-37(15-19-62)64-29-36(28-60-64)35-24-42(49(56)58-27-35)72-32(2)45-39(53)12-13-40(55)46(45)54/h8-13,24,27-29,32,37-38,41,48,65H,6,14-23,25-26,30H2,1-5,7H3,(H2,56,58)(H,59,68)(H,61,66)/b47-31-/t32-,38-,41+,48-/m1/s1. The lowest BCUT2D eigenvalue weighted by atomic mass is 9.85. The molecule has 0 unspecified atom stereocenters. The highest BCUT2D eigenvalue weighted by Gasteiger charge is 2.44. The number of ether oxygens (including phenoxy) is 3. The van der Waals surface area contributed by atoms with Gasteiger partial charge in [-0.15, -0.1) is 11.8 Å². The van der Waals surface area contributed by atoms with E-state index < -0.39 is 47.3 Å². The van der Waals surface area contributed by atoms with E-state index in [9.17, 15) is 28.7 Å². The number of hydrogen-bond acceptors (Lipinski definition) is 13. The summed E-state index contributed by atoms with van der Waals surface area (Å²) in [4.78, 5) is 66.2. The number of carbonyl (C=O) groups is 4. The number of piperidine rings is 1. The summed E-state index contributed by atoms with van der Waals surface area (Å²) >= 11 is 14.1. The number of rotatable bonds is 22. The van der Waals surface area contributed by atoms with Gasteiger partial charge >= 0.3 is 0 Å². The van der Waals surface area contributed by atoms with Crippen LogP contribution in [0.15, 0.2) is 71.7 Å². The first-order chi connectivity index (χ1) is 34.8. The number of aliphatic hydroxyl groups excluding tert-OH is 1. The van der Waals surface area contributed by atoms with Crippen LogP contribution in [-0.4, -0.2) is 131 Å². The van der Waals surface area contributed by atoms with Crippen LogP contribution in [0.3, 0.4) is 0 Å². The molecule has 0 spiro atoms. The number of carbonyl (C=O) groups excluding carboxylic acids is 4. The Bertz CT molecular complexity index is 2620. The summed E-state index contributed by atoms with van der Waals surface area (Å²) in [5, 5.41) is 21.1. The lowest BCUT2D eigenvalue weighted by molar-refractivity contribution is -0.144. The molecule has 2 aromatic carbocycles. The first-order valence-corrected chi connectivity index (χ1v) is 26.2. The van der Waals surface area contributed by atoms with Crippen LogP contribution >= 0.6 is 35.0 Å². The minimum atomic E-state index is -0.966. The Hall–Kier alpha value is -5.57. The van der Waals surface area contributed by atoms with Gasteiger partial charge in [0.2, 0.25) is 23.6 Å². The first kappa shape index (κ1) is 56.7. The summed E-state index contributed by atoms with van der Waals surface area (Å²) < 4.78 is 33.5. The Morgan fingerprint density at radius 3 is 2.36 bits per heavy atom. The molecule has 4 atom stereocenters. The number of aromatic nitrogens is 3. The number of aliphatic hydroxyl groups is 1. The molecule has 0 radical (unpaired) electrons. The molecule has 2 saturated heterocycles. The normalized spacial score (nSPS) is 17.5. The number of nitrogens with one attached hydrogen (secondary N) is 2. The van der Waals surface area contributed by atoms with Gasteiger partial charge in [-0.2, -0.15) is 5.10 Å². The summed E-state index contributed by atoms with van der Waals surface area (Å²) in [5.74, 6) is -1.43. The zero-order valence-corrected chi connectivity index (χ0v) is 44.5. The number of nitrogens with zero attached hydrogens (tertiary/aromatic N) is 6. The number of anilines is 1. The fourth-order valence-corrected chi connectivity index (χ4v) is 10.1. The van der Waals surface area contributed by atoms with Crippen molar-refractivity contribution in [2.75, 3.05) is 58.1 Å². The monoisotopic (exact) mass is 1070 g/mol. The Kier molecular flexibility index (Phi) is 20.3. The first-order valence-electron chi connectivity index (χ1n) is 24.2. The molecule has 0 bridgehead atoms. The van der Waals surface area contributed by atoms with Crippen LogP contribution in [0.5, 0.6) is 5.75 Å². The molecular weight excluding hydrogens is 1000 g/mol. The molecule has 394 valence electrons. The van der Waals surface area contributed by atoms with Gasteiger partial charge in [0.05, 0.1) is 61.9 Å². The molecule has 73 heavy (non-hydrogen) atoms. The van der Waals surface area contributed by atoms with E-state index in [1.165, 1.54) is 17.0 Å². The van der Waals surface area contributed by atoms with E-state index in [1.54, 1.807) is 37.1 Å². The van der Waals surface area contributed by atoms with Crippen molar-refractivity contribution in [3.8, 4) is 16.9 Å². The maximum atomic E-state index is 14.2. The predicted molar refractivity (Wildman–Crippen MR) is 283 cm³/mol. The predicted octanol–water partition coefficient (Wildman–Crippen LogP) is 7.65. The number of nitrogen functional groups attached to an aromatic ring is 1. The molecule has 0 aliphatic carbocycles. The third-order valence-corrected chi connectivity index (χ3v) is 14.5. The number of nitrogens with two attached hydrogens (primary N) is 1. The minimum absolute atomic E-state index is 0.0110. The van der Waals surface area contributed by atoms with Gasteiger partial charge in [-0.3, -0.25) is 28.9 Å². The van der Waals surface area contributed by atoms with Crippen LogP contribution in [0.25, 0.3) is 16.0 Å². The number of aliphatic imine (C=N–C) groups is 1. The second kappa shape index (κ2) is 26.1. The quantitative estimate of drug-likeness (QED) is 0.0339. The average molecular weight is 1070 g/mol. The van der Waals surface area contributed by atoms with Crippen molar-refractivity contribution in [3.05, 3.63) is 99.3 Å². The second-order valence-electron chi connectivity index (χ2n) is 19.1. The molecule has 0 saturated carbocycles. The Morgan fingerprint density at radius 1 is 1.01 bits per heavy atom. The number of likely N-dealkylation sites (tertiary alicyclic amines) is 2. The van der Waals surface area contributed by atoms with Crippen LogP contribution < -0.4 is 21.1 Å². The van der Waals surface area contributed by atoms with E-state index in [4.69, 9.17) is 43.1 Å². The third-order valence-electron chi connectivity index (χ3n) is 12.8. The summed E-state index contributed by atoms with van der Waals surface area (Å²) in [6.45, 7) is 14.7. The number of thioether (sulfide) groups is 1. The zero-order valence-electron chi connectivity index (χ0n) is 42.2. The van der Waals surface area contributed by atoms with Crippen LogP contribution in [0, 0.1) is 11.2 Å². The fourth-order valence-electron chi connectivity index (χ4n) is 8.72. The van der Waals surface area contributed by atoms with Gasteiger partial charge in [-0.05, 0) is 74.4 Å². The van der Waals surface area contributed by atoms with Crippen molar-refractivity contribution in [2.24, 2.45) is 10.4 Å². The molecule has 2 aromatic heterocycles. The molecule has 5 N–H and O–H groups in total. The zero-order chi connectivity index (χ0) is 53.0.